The molecule has 0 aliphatic carbocycles. The van der Waals surface area contributed by atoms with Gasteiger partial charge in [-0.05, 0) is 24.6 Å². The summed E-state index contributed by atoms with van der Waals surface area (Å²) in [5, 5.41) is 3.33. The summed E-state index contributed by atoms with van der Waals surface area (Å²) in [4.78, 5) is 31.7. The van der Waals surface area contributed by atoms with E-state index in [2.05, 4.69) is 15.3 Å². The van der Waals surface area contributed by atoms with E-state index in [-0.39, 0.29) is 17.8 Å². The van der Waals surface area contributed by atoms with Gasteiger partial charge < -0.3 is 10.3 Å². The zero-order valence-corrected chi connectivity index (χ0v) is 12.8. The van der Waals surface area contributed by atoms with E-state index in [9.17, 15) is 9.59 Å². The summed E-state index contributed by atoms with van der Waals surface area (Å²) in [6.07, 6.45) is 1.62. The van der Waals surface area contributed by atoms with E-state index in [4.69, 9.17) is 0 Å². The van der Waals surface area contributed by atoms with Crippen molar-refractivity contribution in [1.29, 1.82) is 0 Å². The first-order chi connectivity index (χ1) is 11.1. The Labute approximate surface area is 133 Å². The van der Waals surface area contributed by atoms with Crippen molar-refractivity contribution in [2.75, 3.05) is 0 Å². The lowest BCUT2D eigenvalue weighted by atomic mass is 10.1. The lowest BCUT2D eigenvalue weighted by molar-refractivity contribution is -0.120. The Hall–Kier alpha value is -2.95. The number of benzene rings is 1. The van der Waals surface area contributed by atoms with Crippen molar-refractivity contribution in [1.82, 2.24) is 15.3 Å². The molecule has 3 aromatic rings. The van der Waals surface area contributed by atoms with Gasteiger partial charge in [-0.1, -0.05) is 30.3 Å². The predicted octanol–water partition coefficient (Wildman–Crippen LogP) is 2.09. The zero-order chi connectivity index (χ0) is 16.2. The molecule has 5 heteroatoms. The molecule has 0 saturated heterocycles. The molecule has 3 rings (SSSR count). The van der Waals surface area contributed by atoms with Crippen LogP contribution in [-0.4, -0.2) is 15.9 Å². The van der Waals surface area contributed by atoms with Crippen LogP contribution in [0.5, 0.6) is 0 Å². The highest BCUT2D eigenvalue weighted by Crippen LogP contribution is 2.07. The molecule has 2 aromatic heterocycles. The van der Waals surface area contributed by atoms with Crippen LogP contribution in [0.3, 0.4) is 0 Å². The fraction of sp³-hybridized carbons (Fsp3) is 0.167. The average molecular weight is 307 g/mol. The van der Waals surface area contributed by atoms with E-state index < -0.39 is 0 Å². The number of hydrogen-bond donors (Lipinski definition) is 2. The van der Waals surface area contributed by atoms with Crippen molar-refractivity contribution < 1.29 is 4.79 Å². The van der Waals surface area contributed by atoms with Gasteiger partial charge in [-0.25, -0.2) is 4.98 Å². The van der Waals surface area contributed by atoms with Gasteiger partial charge in [-0.15, -0.1) is 0 Å². The molecule has 1 aromatic carbocycles. The first kappa shape index (κ1) is 15.0. The van der Waals surface area contributed by atoms with Gasteiger partial charge in [0, 0.05) is 24.0 Å². The molecule has 2 N–H and O–H groups in total. The number of aromatic amines is 1. The standard InChI is InChI=1S/C18H17N3O2/c1-12-7-8-15-17(23)14(11-20-18(15)21-12)9-16(22)19-10-13-5-3-2-4-6-13/h2-8,11H,9-10H2,1H3,(H,19,22)(H,20,21,23). The molecule has 0 fully saturated rings. The number of fused-ring (bicyclic) bond motifs is 1. The first-order valence-corrected chi connectivity index (χ1v) is 7.42. The molecule has 0 unspecified atom stereocenters. The number of rotatable bonds is 4. The van der Waals surface area contributed by atoms with E-state index in [1.54, 1.807) is 18.3 Å². The maximum absolute atomic E-state index is 12.4. The molecule has 0 bridgehead atoms. The number of pyridine rings is 2. The SMILES string of the molecule is Cc1ccc2c(=O)c(CC(=O)NCc3ccccc3)c[nH]c2n1. The van der Waals surface area contributed by atoms with Crippen molar-refractivity contribution >= 4 is 16.9 Å². The summed E-state index contributed by atoms with van der Waals surface area (Å²) in [6, 6.07) is 13.2. The number of hydrogen-bond acceptors (Lipinski definition) is 3. The Morgan fingerprint density at radius 1 is 1.17 bits per heavy atom. The molecular weight excluding hydrogens is 290 g/mol. The van der Waals surface area contributed by atoms with Gasteiger partial charge in [0.2, 0.25) is 5.91 Å². The summed E-state index contributed by atoms with van der Waals surface area (Å²) in [5.74, 6) is -0.182. The van der Waals surface area contributed by atoms with Crippen LogP contribution in [-0.2, 0) is 17.8 Å². The molecule has 116 valence electrons. The summed E-state index contributed by atoms with van der Waals surface area (Å²) < 4.78 is 0. The Bertz CT molecular complexity index is 901. The van der Waals surface area contributed by atoms with E-state index >= 15 is 0 Å². The van der Waals surface area contributed by atoms with Crippen molar-refractivity contribution in [3.8, 4) is 0 Å². The normalized spacial score (nSPS) is 10.7. The second-order valence-electron chi connectivity index (χ2n) is 5.43. The van der Waals surface area contributed by atoms with Crippen LogP contribution in [0.4, 0.5) is 0 Å². The average Bonchev–Trinajstić information content (AvgIpc) is 2.56. The molecule has 0 atom stereocenters. The number of aryl methyl sites for hydroxylation is 1. The van der Waals surface area contributed by atoms with Crippen LogP contribution < -0.4 is 10.7 Å². The first-order valence-electron chi connectivity index (χ1n) is 7.42. The van der Waals surface area contributed by atoms with Crippen molar-refractivity contribution in [2.24, 2.45) is 0 Å². The lowest BCUT2D eigenvalue weighted by Gasteiger charge is -2.06. The third kappa shape index (κ3) is 3.45. The minimum Gasteiger partial charge on any atom is -0.352 e. The van der Waals surface area contributed by atoms with Crippen LogP contribution in [0.25, 0.3) is 11.0 Å². The number of aromatic nitrogens is 2. The van der Waals surface area contributed by atoms with Crippen molar-refractivity contribution in [3.05, 3.63) is 75.7 Å². The number of amides is 1. The smallest absolute Gasteiger partial charge is 0.224 e. The van der Waals surface area contributed by atoms with Gasteiger partial charge in [0.05, 0.1) is 11.8 Å². The van der Waals surface area contributed by atoms with E-state index in [1.807, 2.05) is 37.3 Å². The third-order valence-electron chi connectivity index (χ3n) is 3.64. The van der Waals surface area contributed by atoms with E-state index in [0.717, 1.165) is 11.3 Å². The molecular formula is C18H17N3O2. The Morgan fingerprint density at radius 3 is 2.74 bits per heavy atom. The highest BCUT2D eigenvalue weighted by Gasteiger charge is 2.10. The maximum atomic E-state index is 12.4. The molecule has 2 heterocycles. The quantitative estimate of drug-likeness (QED) is 0.775. The fourth-order valence-electron chi connectivity index (χ4n) is 2.41. The van der Waals surface area contributed by atoms with Crippen molar-refractivity contribution in [3.63, 3.8) is 0 Å². The van der Waals surface area contributed by atoms with Crippen LogP contribution in [0.2, 0.25) is 0 Å². The molecule has 0 radical (unpaired) electrons. The maximum Gasteiger partial charge on any atom is 0.224 e. The summed E-state index contributed by atoms with van der Waals surface area (Å²) in [7, 11) is 0. The number of carbonyl (C=O) groups is 1. The number of nitrogens with zero attached hydrogens (tertiary/aromatic N) is 1. The topological polar surface area (TPSA) is 74.8 Å². The third-order valence-corrected chi connectivity index (χ3v) is 3.64. The molecule has 0 aliphatic rings. The summed E-state index contributed by atoms with van der Waals surface area (Å²) in [6.45, 7) is 2.31. The zero-order valence-electron chi connectivity index (χ0n) is 12.8. The van der Waals surface area contributed by atoms with E-state index in [1.165, 1.54) is 0 Å². The minimum absolute atomic E-state index is 0.0476. The number of nitrogens with one attached hydrogen (secondary N) is 2. The van der Waals surface area contributed by atoms with Gasteiger partial charge in [-0.3, -0.25) is 9.59 Å². The van der Waals surface area contributed by atoms with Crippen LogP contribution in [0.15, 0.2) is 53.5 Å². The highest BCUT2D eigenvalue weighted by molar-refractivity contribution is 5.81. The second-order valence-corrected chi connectivity index (χ2v) is 5.43. The monoisotopic (exact) mass is 307 g/mol. The summed E-state index contributed by atoms with van der Waals surface area (Å²) >= 11 is 0. The Kier molecular flexibility index (Phi) is 4.19. The Balaban J connectivity index is 1.73. The van der Waals surface area contributed by atoms with Gasteiger partial charge in [-0.2, -0.15) is 0 Å². The molecule has 0 saturated carbocycles. The number of H-pyrrole nitrogens is 1. The largest absolute Gasteiger partial charge is 0.352 e. The van der Waals surface area contributed by atoms with Gasteiger partial charge in [0.15, 0.2) is 5.43 Å². The van der Waals surface area contributed by atoms with Gasteiger partial charge >= 0.3 is 0 Å². The molecule has 5 nitrogen and oxygen atoms in total. The van der Waals surface area contributed by atoms with Gasteiger partial charge in [0.1, 0.15) is 5.65 Å². The molecule has 0 spiro atoms. The Morgan fingerprint density at radius 2 is 1.96 bits per heavy atom. The fourth-order valence-corrected chi connectivity index (χ4v) is 2.41. The molecule has 1 amide bonds. The molecule has 23 heavy (non-hydrogen) atoms. The van der Waals surface area contributed by atoms with Crippen molar-refractivity contribution in [2.45, 2.75) is 19.9 Å². The minimum atomic E-state index is -0.182. The van der Waals surface area contributed by atoms with Crippen LogP contribution in [0, 0.1) is 6.92 Å². The summed E-state index contributed by atoms with van der Waals surface area (Å²) in [5.41, 5.74) is 2.69. The lowest BCUT2D eigenvalue weighted by Crippen LogP contribution is -2.27. The predicted molar refractivity (Wildman–Crippen MR) is 89.1 cm³/mol. The number of carbonyl (C=O) groups excluding carboxylic acids is 1. The second kappa shape index (κ2) is 6.44. The molecule has 0 aliphatic heterocycles. The van der Waals surface area contributed by atoms with Crippen LogP contribution >= 0.6 is 0 Å². The van der Waals surface area contributed by atoms with E-state index in [0.29, 0.717) is 23.1 Å². The highest BCUT2D eigenvalue weighted by atomic mass is 16.1. The van der Waals surface area contributed by atoms with Gasteiger partial charge in [0.25, 0.3) is 0 Å². The van der Waals surface area contributed by atoms with Crippen LogP contribution in [0.1, 0.15) is 16.8 Å².